The van der Waals surface area contributed by atoms with E-state index in [0.717, 1.165) is 29.5 Å². The number of rotatable bonds is 4. The SMILES string of the molecule is COc1cc(C)c(C)cc1C(C(=O)O)C1CC1. The summed E-state index contributed by atoms with van der Waals surface area (Å²) in [6.45, 7) is 4.01. The van der Waals surface area contributed by atoms with Gasteiger partial charge in [0.15, 0.2) is 0 Å². The molecule has 0 aliphatic heterocycles. The lowest BCUT2D eigenvalue weighted by atomic mass is 9.91. The molecule has 2 rings (SSSR count). The average molecular weight is 234 g/mol. The summed E-state index contributed by atoms with van der Waals surface area (Å²) >= 11 is 0. The Hall–Kier alpha value is -1.51. The van der Waals surface area contributed by atoms with Gasteiger partial charge in [-0.1, -0.05) is 6.07 Å². The first-order valence-electron chi connectivity index (χ1n) is 5.92. The smallest absolute Gasteiger partial charge is 0.311 e. The Morgan fingerprint density at radius 1 is 1.35 bits per heavy atom. The van der Waals surface area contributed by atoms with Crippen molar-refractivity contribution in [3.05, 3.63) is 28.8 Å². The van der Waals surface area contributed by atoms with E-state index in [1.807, 2.05) is 26.0 Å². The topological polar surface area (TPSA) is 46.5 Å². The summed E-state index contributed by atoms with van der Waals surface area (Å²) in [5.74, 6) is -0.172. The highest BCUT2D eigenvalue weighted by Gasteiger charge is 2.39. The molecule has 1 saturated carbocycles. The molecule has 1 aliphatic carbocycles. The Kier molecular flexibility index (Phi) is 3.09. The number of aliphatic carboxylic acids is 1. The van der Waals surface area contributed by atoms with Gasteiger partial charge in [0, 0.05) is 5.56 Å². The van der Waals surface area contributed by atoms with E-state index >= 15 is 0 Å². The third-order valence-corrected chi connectivity index (χ3v) is 3.54. The highest BCUT2D eigenvalue weighted by atomic mass is 16.5. The summed E-state index contributed by atoms with van der Waals surface area (Å²) in [6, 6.07) is 3.90. The minimum Gasteiger partial charge on any atom is -0.496 e. The Morgan fingerprint density at radius 3 is 2.41 bits per heavy atom. The largest absolute Gasteiger partial charge is 0.496 e. The summed E-state index contributed by atoms with van der Waals surface area (Å²) in [6.07, 6.45) is 2.01. The zero-order valence-corrected chi connectivity index (χ0v) is 10.5. The standard InChI is InChI=1S/C14H18O3/c1-8-6-11(12(17-3)7-9(8)2)13(14(15)16)10-4-5-10/h6-7,10,13H,4-5H2,1-3H3,(H,15,16). The van der Waals surface area contributed by atoms with Crippen LogP contribution in [-0.4, -0.2) is 18.2 Å². The van der Waals surface area contributed by atoms with Crippen molar-refractivity contribution in [3.63, 3.8) is 0 Å². The number of carbonyl (C=O) groups is 1. The number of hydrogen-bond donors (Lipinski definition) is 1. The van der Waals surface area contributed by atoms with Gasteiger partial charge in [-0.25, -0.2) is 0 Å². The molecule has 1 N–H and O–H groups in total. The second-order valence-electron chi connectivity index (χ2n) is 4.83. The van der Waals surface area contributed by atoms with Crippen LogP contribution in [0.15, 0.2) is 12.1 Å². The highest BCUT2D eigenvalue weighted by Crippen LogP contribution is 2.45. The molecule has 1 fully saturated rings. The first-order valence-corrected chi connectivity index (χ1v) is 5.92. The molecule has 0 aromatic heterocycles. The van der Waals surface area contributed by atoms with Crippen molar-refractivity contribution in [1.29, 1.82) is 0 Å². The number of methoxy groups -OCH3 is 1. The average Bonchev–Trinajstić information content (AvgIpc) is 3.07. The third-order valence-electron chi connectivity index (χ3n) is 3.54. The maximum absolute atomic E-state index is 11.4. The minimum atomic E-state index is -0.742. The Morgan fingerprint density at radius 2 is 1.94 bits per heavy atom. The van der Waals surface area contributed by atoms with Crippen LogP contribution in [0.4, 0.5) is 0 Å². The summed E-state index contributed by atoms with van der Waals surface area (Å²) in [5, 5.41) is 9.36. The Labute approximate surface area is 101 Å². The van der Waals surface area contributed by atoms with E-state index in [4.69, 9.17) is 4.74 Å². The van der Waals surface area contributed by atoms with Gasteiger partial charge in [0.2, 0.25) is 0 Å². The Balaban J connectivity index is 2.47. The fraction of sp³-hybridized carbons (Fsp3) is 0.500. The Bertz CT molecular complexity index is 447. The van der Waals surface area contributed by atoms with Crippen molar-refractivity contribution < 1.29 is 14.6 Å². The molecule has 0 bridgehead atoms. The van der Waals surface area contributed by atoms with Crippen LogP contribution in [0.3, 0.4) is 0 Å². The van der Waals surface area contributed by atoms with Crippen molar-refractivity contribution in [2.75, 3.05) is 7.11 Å². The van der Waals surface area contributed by atoms with Crippen LogP contribution in [0.2, 0.25) is 0 Å². The lowest BCUT2D eigenvalue weighted by Gasteiger charge is -2.17. The third kappa shape index (κ3) is 2.28. The van der Waals surface area contributed by atoms with Crippen LogP contribution in [-0.2, 0) is 4.79 Å². The molecule has 0 saturated heterocycles. The summed E-state index contributed by atoms with van der Waals surface area (Å²) in [4.78, 5) is 11.4. The molecule has 3 nitrogen and oxygen atoms in total. The van der Waals surface area contributed by atoms with Crippen LogP contribution in [0.25, 0.3) is 0 Å². The zero-order chi connectivity index (χ0) is 12.6. The van der Waals surface area contributed by atoms with Gasteiger partial charge in [0.1, 0.15) is 5.75 Å². The lowest BCUT2D eigenvalue weighted by molar-refractivity contribution is -0.139. The van der Waals surface area contributed by atoms with Crippen LogP contribution in [0.5, 0.6) is 5.75 Å². The number of carboxylic acid groups (broad SMARTS) is 1. The zero-order valence-electron chi connectivity index (χ0n) is 10.5. The van der Waals surface area contributed by atoms with E-state index in [0.29, 0.717) is 5.75 Å². The predicted molar refractivity (Wildman–Crippen MR) is 65.6 cm³/mol. The number of carboxylic acids is 1. The summed E-state index contributed by atoms with van der Waals surface area (Å²) in [5.41, 5.74) is 3.07. The fourth-order valence-electron chi connectivity index (χ4n) is 2.25. The molecular weight excluding hydrogens is 216 g/mol. The van der Waals surface area contributed by atoms with Gasteiger partial charge in [-0.05, 0) is 49.8 Å². The van der Waals surface area contributed by atoms with Crippen molar-refractivity contribution in [1.82, 2.24) is 0 Å². The molecule has 92 valence electrons. The first-order chi connectivity index (χ1) is 8.04. The summed E-state index contributed by atoms with van der Waals surface area (Å²) < 4.78 is 5.33. The number of hydrogen-bond acceptors (Lipinski definition) is 2. The van der Waals surface area contributed by atoms with E-state index in [-0.39, 0.29) is 5.92 Å². The number of aryl methyl sites for hydroxylation is 2. The highest BCUT2D eigenvalue weighted by molar-refractivity contribution is 5.78. The van der Waals surface area contributed by atoms with Crippen molar-refractivity contribution >= 4 is 5.97 Å². The van der Waals surface area contributed by atoms with Gasteiger partial charge in [-0.2, -0.15) is 0 Å². The monoisotopic (exact) mass is 234 g/mol. The number of benzene rings is 1. The van der Waals surface area contributed by atoms with E-state index in [1.54, 1.807) is 7.11 Å². The molecule has 1 aromatic rings. The fourth-order valence-corrected chi connectivity index (χ4v) is 2.25. The molecule has 1 aromatic carbocycles. The van der Waals surface area contributed by atoms with Gasteiger partial charge in [0.05, 0.1) is 13.0 Å². The lowest BCUT2D eigenvalue weighted by Crippen LogP contribution is -2.15. The van der Waals surface area contributed by atoms with Gasteiger partial charge in [0.25, 0.3) is 0 Å². The second kappa shape index (κ2) is 4.40. The van der Waals surface area contributed by atoms with Crippen molar-refractivity contribution in [3.8, 4) is 5.75 Å². The van der Waals surface area contributed by atoms with Crippen LogP contribution in [0.1, 0.15) is 35.4 Å². The van der Waals surface area contributed by atoms with Crippen molar-refractivity contribution in [2.24, 2.45) is 5.92 Å². The van der Waals surface area contributed by atoms with Gasteiger partial charge >= 0.3 is 5.97 Å². The van der Waals surface area contributed by atoms with E-state index in [2.05, 4.69) is 0 Å². The van der Waals surface area contributed by atoms with Gasteiger partial charge < -0.3 is 9.84 Å². The summed E-state index contributed by atoms with van der Waals surface area (Å²) in [7, 11) is 1.60. The van der Waals surface area contributed by atoms with Crippen LogP contribution < -0.4 is 4.74 Å². The predicted octanol–water partition coefficient (Wildman–Crippen LogP) is 2.89. The molecular formula is C14H18O3. The quantitative estimate of drug-likeness (QED) is 0.871. The normalized spacial score (nSPS) is 16.6. The van der Waals surface area contributed by atoms with Crippen molar-refractivity contribution in [2.45, 2.75) is 32.6 Å². The van der Waals surface area contributed by atoms with E-state index < -0.39 is 11.9 Å². The maximum Gasteiger partial charge on any atom is 0.311 e. The molecule has 0 amide bonds. The minimum absolute atomic E-state index is 0.281. The molecule has 1 aliphatic rings. The van der Waals surface area contributed by atoms with E-state index in [9.17, 15) is 9.90 Å². The molecule has 17 heavy (non-hydrogen) atoms. The van der Waals surface area contributed by atoms with Gasteiger partial charge in [-0.3, -0.25) is 4.79 Å². The van der Waals surface area contributed by atoms with Gasteiger partial charge in [-0.15, -0.1) is 0 Å². The molecule has 0 radical (unpaired) electrons. The maximum atomic E-state index is 11.4. The van der Waals surface area contributed by atoms with Crippen LogP contribution >= 0.6 is 0 Å². The van der Waals surface area contributed by atoms with Crippen LogP contribution in [0, 0.1) is 19.8 Å². The number of ether oxygens (including phenoxy) is 1. The van der Waals surface area contributed by atoms with E-state index in [1.165, 1.54) is 0 Å². The first kappa shape index (κ1) is 12.0. The molecule has 0 heterocycles. The molecule has 0 spiro atoms. The molecule has 1 unspecified atom stereocenters. The molecule has 1 atom stereocenters. The molecule has 3 heteroatoms. The second-order valence-corrected chi connectivity index (χ2v) is 4.83.